The lowest BCUT2D eigenvalue weighted by Gasteiger charge is -2.38. The molecule has 0 atom stereocenters. The minimum Gasteiger partial charge on any atom is -0.427 e. The van der Waals surface area contributed by atoms with Gasteiger partial charge in [-0.3, -0.25) is 0 Å². The molecule has 2 saturated carbocycles. The SMILES string of the molecule is CCCCCCC1CCC(C2CCC(c3ccc4cc(CCC)oc(=O)c4c3F)CC2)CC1. The number of hydrogen-bond acceptors (Lipinski definition) is 2. The molecule has 1 heterocycles. The van der Waals surface area contributed by atoms with E-state index in [2.05, 4.69) is 6.92 Å². The van der Waals surface area contributed by atoms with Crippen LogP contribution in [0.4, 0.5) is 4.39 Å². The van der Waals surface area contributed by atoms with Gasteiger partial charge in [-0.25, -0.2) is 9.18 Å². The Morgan fingerprint density at radius 1 is 0.879 bits per heavy atom. The van der Waals surface area contributed by atoms with Crippen LogP contribution in [0.5, 0.6) is 0 Å². The fourth-order valence-electron chi connectivity index (χ4n) is 6.70. The van der Waals surface area contributed by atoms with E-state index in [0.717, 1.165) is 42.6 Å². The number of benzene rings is 1. The molecule has 0 N–H and O–H groups in total. The number of fused-ring (bicyclic) bond motifs is 1. The summed E-state index contributed by atoms with van der Waals surface area (Å²) in [4.78, 5) is 12.5. The Hall–Kier alpha value is -1.64. The molecule has 2 fully saturated rings. The van der Waals surface area contributed by atoms with E-state index in [1.165, 1.54) is 70.6 Å². The molecule has 0 unspecified atom stereocenters. The third-order valence-corrected chi connectivity index (χ3v) is 8.68. The van der Waals surface area contributed by atoms with Gasteiger partial charge in [-0.15, -0.1) is 0 Å². The molecule has 4 rings (SSSR count). The molecule has 0 saturated heterocycles. The highest BCUT2D eigenvalue weighted by Crippen LogP contribution is 2.45. The summed E-state index contributed by atoms with van der Waals surface area (Å²) in [6, 6.07) is 5.70. The summed E-state index contributed by atoms with van der Waals surface area (Å²) in [5, 5.41) is 0.822. The Kier molecular flexibility index (Phi) is 8.66. The molecule has 2 aromatic rings. The molecule has 0 amide bonds. The average Bonchev–Trinajstić information content (AvgIpc) is 2.83. The lowest BCUT2D eigenvalue weighted by molar-refractivity contribution is 0.155. The van der Waals surface area contributed by atoms with Crippen molar-refractivity contribution in [3.8, 4) is 0 Å². The monoisotopic (exact) mass is 454 g/mol. The second kappa shape index (κ2) is 11.7. The lowest BCUT2D eigenvalue weighted by atomic mass is 9.68. The normalized spacial score (nSPS) is 26.0. The van der Waals surface area contributed by atoms with E-state index in [1.807, 2.05) is 25.1 Å². The van der Waals surface area contributed by atoms with Gasteiger partial charge in [0.05, 0.1) is 0 Å². The highest BCUT2D eigenvalue weighted by atomic mass is 19.1. The van der Waals surface area contributed by atoms with E-state index in [0.29, 0.717) is 17.6 Å². The predicted molar refractivity (Wildman–Crippen MR) is 135 cm³/mol. The number of aryl methyl sites for hydroxylation is 1. The van der Waals surface area contributed by atoms with Crippen LogP contribution in [0.15, 0.2) is 27.4 Å². The predicted octanol–water partition coefficient (Wildman–Crippen LogP) is 8.94. The van der Waals surface area contributed by atoms with Gasteiger partial charge < -0.3 is 4.42 Å². The van der Waals surface area contributed by atoms with E-state index < -0.39 is 5.63 Å². The molecule has 0 radical (unpaired) electrons. The first kappa shape index (κ1) is 24.5. The van der Waals surface area contributed by atoms with Gasteiger partial charge in [0.2, 0.25) is 0 Å². The number of rotatable bonds is 9. The fraction of sp³-hybridized carbons (Fsp3) is 0.700. The minimum absolute atomic E-state index is 0.145. The Labute approximate surface area is 199 Å². The van der Waals surface area contributed by atoms with Gasteiger partial charge in [0.15, 0.2) is 0 Å². The maximum atomic E-state index is 15.4. The molecule has 2 aliphatic carbocycles. The van der Waals surface area contributed by atoms with Gasteiger partial charge in [0.1, 0.15) is 17.0 Å². The smallest absolute Gasteiger partial charge is 0.346 e. The second-order valence-electron chi connectivity index (χ2n) is 10.9. The quantitative estimate of drug-likeness (QED) is 0.354. The summed E-state index contributed by atoms with van der Waals surface area (Å²) in [6.45, 7) is 4.33. The highest BCUT2D eigenvalue weighted by Gasteiger charge is 2.32. The molecular weight excluding hydrogens is 411 g/mol. The third kappa shape index (κ3) is 5.89. The first-order valence-corrected chi connectivity index (χ1v) is 13.9. The average molecular weight is 455 g/mol. The molecule has 1 aromatic carbocycles. The van der Waals surface area contributed by atoms with E-state index in [-0.39, 0.29) is 17.1 Å². The Morgan fingerprint density at radius 2 is 1.58 bits per heavy atom. The third-order valence-electron chi connectivity index (χ3n) is 8.68. The molecule has 0 aliphatic heterocycles. The van der Waals surface area contributed by atoms with Crippen molar-refractivity contribution in [2.24, 2.45) is 17.8 Å². The van der Waals surface area contributed by atoms with Crippen molar-refractivity contribution in [2.75, 3.05) is 0 Å². The van der Waals surface area contributed by atoms with Crippen molar-refractivity contribution >= 4 is 10.8 Å². The molecule has 182 valence electrons. The van der Waals surface area contributed by atoms with Crippen molar-refractivity contribution in [3.63, 3.8) is 0 Å². The number of unbranched alkanes of at least 4 members (excludes halogenated alkanes) is 3. The minimum atomic E-state index is -0.518. The van der Waals surface area contributed by atoms with Crippen LogP contribution in [0, 0.1) is 23.6 Å². The van der Waals surface area contributed by atoms with Crippen molar-refractivity contribution in [3.05, 3.63) is 45.8 Å². The first-order chi connectivity index (χ1) is 16.1. The zero-order valence-corrected chi connectivity index (χ0v) is 20.8. The molecule has 0 bridgehead atoms. The molecular formula is C30H43FO2. The highest BCUT2D eigenvalue weighted by molar-refractivity contribution is 5.83. The largest absolute Gasteiger partial charge is 0.427 e. The van der Waals surface area contributed by atoms with Crippen LogP contribution in [0.2, 0.25) is 0 Å². The molecule has 2 aliphatic rings. The summed E-state index contributed by atoms with van der Waals surface area (Å²) < 4.78 is 20.8. The molecule has 2 nitrogen and oxygen atoms in total. The Bertz CT molecular complexity index is 946. The van der Waals surface area contributed by atoms with Gasteiger partial charge in [0.25, 0.3) is 0 Å². The maximum Gasteiger partial charge on any atom is 0.346 e. The first-order valence-electron chi connectivity index (χ1n) is 13.9. The van der Waals surface area contributed by atoms with Gasteiger partial charge in [-0.05, 0) is 85.6 Å². The van der Waals surface area contributed by atoms with Crippen molar-refractivity contribution in [2.45, 2.75) is 116 Å². The van der Waals surface area contributed by atoms with Crippen LogP contribution in [-0.4, -0.2) is 0 Å². The van der Waals surface area contributed by atoms with Crippen LogP contribution < -0.4 is 5.63 Å². The van der Waals surface area contributed by atoms with Crippen LogP contribution in [-0.2, 0) is 6.42 Å². The number of hydrogen-bond donors (Lipinski definition) is 0. The van der Waals surface area contributed by atoms with Crippen LogP contribution in [0.25, 0.3) is 10.8 Å². The van der Waals surface area contributed by atoms with Crippen LogP contribution in [0.1, 0.15) is 121 Å². The fourth-order valence-corrected chi connectivity index (χ4v) is 6.70. The zero-order chi connectivity index (χ0) is 23.2. The Morgan fingerprint density at radius 3 is 2.24 bits per heavy atom. The van der Waals surface area contributed by atoms with Crippen molar-refractivity contribution in [1.82, 2.24) is 0 Å². The van der Waals surface area contributed by atoms with Gasteiger partial charge in [0, 0.05) is 6.42 Å². The molecule has 1 aromatic heterocycles. The standard InChI is InChI=1S/C30H43FO2/c1-3-5-6-7-9-21-10-12-22(13-11-21)23-14-16-24(17-15-23)27-19-18-25-20-26(8-4-2)33-30(32)28(25)29(27)31/h18-24H,3-17H2,1-2H3. The molecule has 0 spiro atoms. The van der Waals surface area contributed by atoms with E-state index in [1.54, 1.807) is 0 Å². The number of halogens is 1. The second-order valence-corrected chi connectivity index (χ2v) is 10.9. The van der Waals surface area contributed by atoms with Crippen LogP contribution >= 0.6 is 0 Å². The van der Waals surface area contributed by atoms with Gasteiger partial charge >= 0.3 is 5.63 Å². The van der Waals surface area contributed by atoms with Crippen molar-refractivity contribution in [1.29, 1.82) is 0 Å². The summed E-state index contributed by atoms with van der Waals surface area (Å²) in [7, 11) is 0. The van der Waals surface area contributed by atoms with Crippen LogP contribution in [0.3, 0.4) is 0 Å². The summed E-state index contributed by atoms with van der Waals surface area (Å²) >= 11 is 0. The van der Waals surface area contributed by atoms with E-state index in [4.69, 9.17) is 4.42 Å². The summed E-state index contributed by atoms with van der Waals surface area (Å²) in [5.74, 6) is 3.20. The molecule has 33 heavy (non-hydrogen) atoms. The van der Waals surface area contributed by atoms with E-state index >= 15 is 4.39 Å². The zero-order valence-electron chi connectivity index (χ0n) is 20.8. The maximum absolute atomic E-state index is 15.4. The summed E-state index contributed by atoms with van der Waals surface area (Å²) in [6.07, 6.45) is 18.7. The van der Waals surface area contributed by atoms with Gasteiger partial charge in [-0.2, -0.15) is 0 Å². The molecule has 3 heteroatoms. The van der Waals surface area contributed by atoms with Crippen molar-refractivity contribution < 1.29 is 8.81 Å². The summed E-state index contributed by atoms with van der Waals surface area (Å²) in [5.41, 5.74) is 0.211. The Balaban J connectivity index is 1.33. The lowest BCUT2D eigenvalue weighted by Crippen LogP contribution is -2.25. The van der Waals surface area contributed by atoms with Gasteiger partial charge in [-0.1, -0.05) is 70.9 Å². The topological polar surface area (TPSA) is 30.2 Å². The van der Waals surface area contributed by atoms with E-state index in [9.17, 15) is 4.79 Å².